The normalized spacial score (nSPS) is 13.2. The second-order valence-electron chi connectivity index (χ2n) is 3.74. The monoisotopic (exact) mass is 367 g/mol. The van der Waals surface area contributed by atoms with Crippen molar-refractivity contribution in [2.45, 2.75) is 23.1 Å². The van der Waals surface area contributed by atoms with Gasteiger partial charge < -0.3 is 5.11 Å². The molecule has 0 radical (unpaired) electrons. The average molecular weight is 368 g/mol. The average Bonchev–Trinajstić information content (AvgIpc) is 2.34. The van der Waals surface area contributed by atoms with Gasteiger partial charge in [-0.3, -0.25) is 4.79 Å². The van der Waals surface area contributed by atoms with E-state index in [4.69, 9.17) is 5.11 Å². The van der Waals surface area contributed by atoms with Crippen molar-refractivity contribution < 1.29 is 18.3 Å². The molecule has 0 spiro atoms. The van der Waals surface area contributed by atoms with Gasteiger partial charge in [0, 0.05) is 10.9 Å². The number of aliphatic carboxylic acids is 1. The Hall–Kier alpha value is -0.570. The third kappa shape index (κ3) is 5.52. The van der Waals surface area contributed by atoms with Gasteiger partial charge in [0.15, 0.2) is 0 Å². The maximum absolute atomic E-state index is 12.1. The standard InChI is InChI=1S/C11H14BrNO4S2/c1-18-10(5-6-11(14)15)13-19(16,17)9-4-2-3-8(12)7-9/h2-4,7,10,13H,5-6H2,1H3,(H,14,15)/t10-/m0/s1. The molecule has 0 aliphatic heterocycles. The molecule has 0 aromatic heterocycles. The van der Waals surface area contributed by atoms with Gasteiger partial charge in [0.1, 0.15) is 0 Å². The van der Waals surface area contributed by atoms with E-state index in [1.165, 1.54) is 23.9 Å². The zero-order chi connectivity index (χ0) is 14.5. The minimum atomic E-state index is -3.64. The summed E-state index contributed by atoms with van der Waals surface area (Å²) in [5.41, 5.74) is 0. The summed E-state index contributed by atoms with van der Waals surface area (Å²) in [6.45, 7) is 0. The van der Waals surface area contributed by atoms with Crippen LogP contribution >= 0.6 is 27.7 Å². The predicted molar refractivity (Wildman–Crippen MR) is 78.6 cm³/mol. The lowest BCUT2D eigenvalue weighted by Gasteiger charge is -2.15. The molecular formula is C11H14BrNO4S2. The third-order valence-corrected chi connectivity index (χ3v) is 5.33. The van der Waals surface area contributed by atoms with E-state index in [1.807, 2.05) is 0 Å². The van der Waals surface area contributed by atoms with Crippen LogP contribution in [0.3, 0.4) is 0 Å². The van der Waals surface area contributed by atoms with Crippen LogP contribution in [-0.4, -0.2) is 31.1 Å². The van der Waals surface area contributed by atoms with Crippen LogP contribution < -0.4 is 4.72 Å². The van der Waals surface area contributed by atoms with Gasteiger partial charge >= 0.3 is 5.97 Å². The van der Waals surface area contributed by atoms with Crippen LogP contribution in [0.2, 0.25) is 0 Å². The Balaban J connectivity index is 2.80. The van der Waals surface area contributed by atoms with Crippen LogP contribution in [-0.2, 0) is 14.8 Å². The van der Waals surface area contributed by atoms with Gasteiger partial charge in [-0.05, 0) is 30.9 Å². The smallest absolute Gasteiger partial charge is 0.303 e. The van der Waals surface area contributed by atoms with Gasteiger partial charge in [0.05, 0.1) is 10.3 Å². The minimum Gasteiger partial charge on any atom is -0.481 e. The number of benzene rings is 1. The topological polar surface area (TPSA) is 83.5 Å². The maximum atomic E-state index is 12.1. The lowest BCUT2D eigenvalue weighted by Crippen LogP contribution is -2.32. The molecular weight excluding hydrogens is 354 g/mol. The molecule has 106 valence electrons. The lowest BCUT2D eigenvalue weighted by molar-refractivity contribution is -0.137. The Kier molecular flexibility index (Phi) is 6.31. The summed E-state index contributed by atoms with van der Waals surface area (Å²) in [5.74, 6) is -0.944. The Bertz CT molecular complexity index is 547. The second kappa shape index (κ2) is 7.28. The molecule has 0 aliphatic rings. The number of carboxylic acid groups (broad SMARTS) is 1. The molecule has 0 heterocycles. The molecule has 0 amide bonds. The van der Waals surface area contributed by atoms with E-state index in [-0.39, 0.29) is 17.7 Å². The first-order valence-corrected chi connectivity index (χ1v) is 8.94. The summed E-state index contributed by atoms with van der Waals surface area (Å²) in [6, 6.07) is 6.35. The molecule has 5 nitrogen and oxygen atoms in total. The largest absolute Gasteiger partial charge is 0.481 e. The highest BCUT2D eigenvalue weighted by Crippen LogP contribution is 2.19. The molecule has 8 heteroatoms. The molecule has 1 atom stereocenters. The zero-order valence-corrected chi connectivity index (χ0v) is 13.4. The van der Waals surface area contributed by atoms with Crippen molar-refractivity contribution in [2.75, 3.05) is 6.26 Å². The van der Waals surface area contributed by atoms with Gasteiger partial charge in [-0.1, -0.05) is 22.0 Å². The number of nitrogens with one attached hydrogen (secondary N) is 1. The van der Waals surface area contributed by atoms with Crippen molar-refractivity contribution in [1.29, 1.82) is 0 Å². The molecule has 0 saturated carbocycles. The van der Waals surface area contributed by atoms with E-state index in [2.05, 4.69) is 20.7 Å². The number of sulfonamides is 1. The maximum Gasteiger partial charge on any atom is 0.303 e. The van der Waals surface area contributed by atoms with Crippen molar-refractivity contribution >= 4 is 43.7 Å². The summed E-state index contributed by atoms with van der Waals surface area (Å²) >= 11 is 4.48. The van der Waals surface area contributed by atoms with Crippen molar-refractivity contribution in [3.05, 3.63) is 28.7 Å². The van der Waals surface area contributed by atoms with Gasteiger partial charge in [-0.25, -0.2) is 8.42 Å². The van der Waals surface area contributed by atoms with Gasteiger partial charge in [0.2, 0.25) is 10.0 Å². The first-order chi connectivity index (χ1) is 8.85. The van der Waals surface area contributed by atoms with Crippen LogP contribution in [0.25, 0.3) is 0 Å². The molecule has 0 fully saturated rings. The summed E-state index contributed by atoms with van der Waals surface area (Å²) < 4.78 is 27.4. The van der Waals surface area contributed by atoms with E-state index in [0.29, 0.717) is 4.47 Å². The zero-order valence-electron chi connectivity index (χ0n) is 10.2. The van der Waals surface area contributed by atoms with Crippen LogP contribution in [0.1, 0.15) is 12.8 Å². The van der Waals surface area contributed by atoms with Crippen molar-refractivity contribution in [3.63, 3.8) is 0 Å². The molecule has 19 heavy (non-hydrogen) atoms. The van der Waals surface area contributed by atoms with E-state index in [1.54, 1.807) is 18.4 Å². The van der Waals surface area contributed by atoms with E-state index in [0.717, 1.165) is 0 Å². The summed E-state index contributed by atoms with van der Waals surface area (Å²) in [5, 5.41) is 8.16. The van der Waals surface area contributed by atoms with E-state index >= 15 is 0 Å². The number of hydrogen-bond donors (Lipinski definition) is 2. The van der Waals surface area contributed by atoms with E-state index < -0.39 is 21.4 Å². The SMILES string of the molecule is CS[C@@H](CCC(=O)O)NS(=O)(=O)c1cccc(Br)c1. The summed E-state index contributed by atoms with van der Waals surface area (Å²) in [4.78, 5) is 10.7. The Morgan fingerprint density at radius 2 is 2.21 bits per heavy atom. The molecule has 0 aliphatic carbocycles. The highest BCUT2D eigenvalue weighted by molar-refractivity contribution is 9.10. The summed E-state index contributed by atoms with van der Waals surface area (Å²) in [7, 11) is -3.64. The molecule has 0 bridgehead atoms. The minimum absolute atomic E-state index is 0.0769. The number of thioether (sulfide) groups is 1. The van der Waals surface area contributed by atoms with Crippen LogP contribution in [0.4, 0.5) is 0 Å². The first kappa shape index (κ1) is 16.5. The number of hydrogen-bond acceptors (Lipinski definition) is 4. The molecule has 1 aromatic rings. The molecule has 2 N–H and O–H groups in total. The first-order valence-electron chi connectivity index (χ1n) is 5.37. The molecule has 0 saturated heterocycles. The quantitative estimate of drug-likeness (QED) is 0.722. The van der Waals surface area contributed by atoms with Crippen LogP contribution in [0, 0.1) is 0 Å². The van der Waals surface area contributed by atoms with Gasteiger partial charge in [-0.15, -0.1) is 11.8 Å². The van der Waals surface area contributed by atoms with Crippen molar-refractivity contribution in [1.82, 2.24) is 4.72 Å². The fourth-order valence-corrected chi connectivity index (χ4v) is 4.16. The Labute approximate surface area is 125 Å². The fourth-order valence-electron chi connectivity index (χ4n) is 1.35. The van der Waals surface area contributed by atoms with Crippen LogP contribution in [0.15, 0.2) is 33.6 Å². The highest BCUT2D eigenvalue weighted by atomic mass is 79.9. The molecule has 0 unspecified atom stereocenters. The third-order valence-electron chi connectivity index (χ3n) is 2.30. The molecule has 1 aromatic carbocycles. The lowest BCUT2D eigenvalue weighted by atomic mass is 10.3. The Morgan fingerprint density at radius 1 is 1.53 bits per heavy atom. The van der Waals surface area contributed by atoms with Crippen molar-refractivity contribution in [3.8, 4) is 0 Å². The molecule has 1 rings (SSSR count). The number of carboxylic acids is 1. The number of carbonyl (C=O) groups is 1. The summed E-state index contributed by atoms with van der Waals surface area (Å²) in [6.07, 6.45) is 1.90. The van der Waals surface area contributed by atoms with E-state index in [9.17, 15) is 13.2 Å². The second-order valence-corrected chi connectivity index (χ2v) is 7.41. The van der Waals surface area contributed by atoms with Crippen LogP contribution in [0.5, 0.6) is 0 Å². The number of halogens is 1. The fraction of sp³-hybridized carbons (Fsp3) is 0.364. The Morgan fingerprint density at radius 3 is 2.74 bits per heavy atom. The highest BCUT2D eigenvalue weighted by Gasteiger charge is 2.20. The number of rotatable bonds is 7. The predicted octanol–water partition coefficient (Wildman–Crippen LogP) is 2.28. The van der Waals surface area contributed by atoms with Gasteiger partial charge in [0.25, 0.3) is 0 Å². The van der Waals surface area contributed by atoms with Crippen molar-refractivity contribution in [2.24, 2.45) is 0 Å². The van der Waals surface area contributed by atoms with Gasteiger partial charge in [-0.2, -0.15) is 4.72 Å².